The van der Waals surface area contributed by atoms with Crippen LogP contribution >= 0.6 is 11.6 Å². The van der Waals surface area contributed by atoms with E-state index in [0.717, 1.165) is 25.1 Å². The molecule has 1 heterocycles. The van der Waals surface area contributed by atoms with Crippen molar-refractivity contribution >= 4 is 17.5 Å². The van der Waals surface area contributed by atoms with Crippen LogP contribution in [0.1, 0.15) is 30.1 Å². The number of unbranched alkanes of at least 4 members (excludes halogenated alkanes) is 1. The summed E-state index contributed by atoms with van der Waals surface area (Å²) in [5.74, 6) is 0.439. The molecule has 4 nitrogen and oxygen atoms in total. The average Bonchev–Trinajstić information content (AvgIpc) is 3.01. The van der Waals surface area contributed by atoms with Crippen molar-refractivity contribution in [3.63, 3.8) is 0 Å². The minimum Gasteiger partial charge on any atom is -0.337 e. The smallest absolute Gasteiger partial charge is 0.257 e. The molecular formula is C16H20ClN3O. The monoisotopic (exact) mass is 305 g/mol. The summed E-state index contributed by atoms with van der Waals surface area (Å²) in [6, 6.07) is 9.74. The Morgan fingerprint density at radius 2 is 2.05 bits per heavy atom. The molecule has 1 aromatic heterocycles. The van der Waals surface area contributed by atoms with E-state index in [1.54, 1.807) is 22.0 Å². The van der Waals surface area contributed by atoms with Crippen molar-refractivity contribution in [1.82, 2.24) is 14.7 Å². The van der Waals surface area contributed by atoms with E-state index in [0.29, 0.717) is 18.0 Å². The van der Waals surface area contributed by atoms with Gasteiger partial charge in [-0.1, -0.05) is 31.5 Å². The predicted octanol–water partition coefficient (Wildman–Crippen LogP) is 3.35. The number of benzene rings is 1. The number of carbonyl (C=O) groups is 1. The van der Waals surface area contributed by atoms with Crippen molar-refractivity contribution in [2.45, 2.75) is 19.8 Å². The number of para-hydroxylation sites is 1. The Morgan fingerprint density at radius 1 is 1.29 bits per heavy atom. The van der Waals surface area contributed by atoms with Gasteiger partial charge in [0, 0.05) is 25.2 Å². The Kier molecular flexibility index (Phi) is 5.81. The summed E-state index contributed by atoms with van der Waals surface area (Å²) >= 11 is 5.79. The summed E-state index contributed by atoms with van der Waals surface area (Å²) in [7, 11) is 0. The molecule has 2 aromatic rings. The second-order valence-corrected chi connectivity index (χ2v) is 5.22. The lowest BCUT2D eigenvalue weighted by Crippen LogP contribution is -2.33. The van der Waals surface area contributed by atoms with Crippen LogP contribution in [0.3, 0.4) is 0 Å². The molecule has 0 aliphatic rings. The fourth-order valence-corrected chi connectivity index (χ4v) is 2.31. The van der Waals surface area contributed by atoms with E-state index in [1.165, 1.54) is 0 Å². The lowest BCUT2D eigenvalue weighted by molar-refractivity contribution is 0.0763. The van der Waals surface area contributed by atoms with Crippen molar-refractivity contribution in [2.24, 2.45) is 0 Å². The van der Waals surface area contributed by atoms with E-state index in [4.69, 9.17) is 11.6 Å². The number of aromatic nitrogens is 2. The number of amides is 1. The quantitative estimate of drug-likeness (QED) is 0.736. The van der Waals surface area contributed by atoms with E-state index < -0.39 is 0 Å². The molecule has 2 rings (SSSR count). The van der Waals surface area contributed by atoms with Crippen LogP contribution in [0, 0.1) is 0 Å². The van der Waals surface area contributed by atoms with Gasteiger partial charge in [0.15, 0.2) is 0 Å². The first-order valence-electron chi connectivity index (χ1n) is 7.21. The van der Waals surface area contributed by atoms with Crippen LogP contribution < -0.4 is 0 Å². The van der Waals surface area contributed by atoms with E-state index in [2.05, 4.69) is 12.0 Å². The van der Waals surface area contributed by atoms with Gasteiger partial charge in [-0.25, -0.2) is 4.68 Å². The minimum absolute atomic E-state index is 0.00807. The summed E-state index contributed by atoms with van der Waals surface area (Å²) in [5, 5.41) is 4.27. The Morgan fingerprint density at radius 3 is 2.71 bits per heavy atom. The third-order valence-electron chi connectivity index (χ3n) is 3.27. The first kappa shape index (κ1) is 15.6. The molecule has 0 aliphatic carbocycles. The minimum atomic E-state index is -0.00807. The van der Waals surface area contributed by atoms with E-state index in [9.17, 15) is 4.79 Å². The lowest BCUT2D eigenvalue weighted by Gasteiger charge is -2.20. The highest BCUT2D eigenvalue weighted by Crippen LogP contribution is 2.10. The highest BCUT2D eigenvalue weighted by Gasteiger charge is 2.16. The SMILES string of the molecule is CCCCN(CCCl)C(=O)c1cnn(-c2ccccc2)c1. The zero-order chi connectivity index (χ0) is 15.1. The maximum absolute atomic E-state index is 12.5. The Hall–Kier alpha value is -1.81. The number of hydrogen-bond acceptors (Lipinski definition) is 2. The molecule has 0 spiro atoms. The number of halogens is 1. The standard InChI is InChI=1S/C16H20ClN3O/c1-2-3-10-19(11-9-17)16(21)14-12-18-20(13-14)15-7-5-4-6-8-15/h4-8,12-13H,2-3,9-11H2,1H3. The van der Waals surface area contributed by atoms with Gasteiger partial charge in [0.05, 0.1) is 17.4 Å². The molecule has 0 fully saturated rings. The molecule has 0 N–H and O–H groups in total. The second-order valence-electron chi connectivity index (χ2n) is 4.84. The third kappa shape index (κ3) is 4.08. The van der Waals surface area contributed by atoms with Crippen LogP contribution in [0.5, 0.6) is 0 Å². The molecule has 5 heteroatoms. The molecule has 0 radical (unpaired) electrons. The van der Waals surface area contributed by atoms with Gasteiger partial charge in [0.25, 0.3) is 5.91 Å². The van der Waals surface area contributed by atoms with Crippen molar-refractivity contribution in [1.29, 1.82) is 0 Å². The number of hydrogen-bond donors (Lipinski definition) is 0. The molecule has 0 aliphatic heterocycles. The highest BCUT2D eigenvalue weighted by molar-refractivity contribution is 6.18. The van der Waals surface area contributed by atoms with Gasteiger partial charge in [0.1, 0.15) is 0 Å². The fourth-order valence-electron chi connectivity index (χ4n) is 2.10. The number of carbonyl (C=O) groups excluding carboxylic acids is 1. The first-order valence-corrected chi connectivity index (χ1v) is 7.75. The summed E-state index contributed by atoms with van der Waals surface area (Å²) < 4.78 is 1.71. The molecule has 0 atom stereocenters. The molecule has 1 aromatic carbocycles. The summed E-state index contributed by atoms with van der Waals surface area (Å²) in [6.45, 7) is 3.41. The van der Waals surface area contributed by atoms with Crippen LogP contribution in [0.4, 0.5) is 0 Å². The van der Waals surface area contributed by atoms with Crippen molar-refractivity contribution in [3.8, 4) is 5.69 Å². The third-order valence-corrected chi connectivity index (χ3v) is 3.44. The van der Waals surface area contributed by atoms with Crippen molar-refractivity contribution in [2.75, 3.05) is 19.0 Å². The molecule has 0 unspecified atom stereocenters. The summed E-state index contributed by atoms with van der Waals surface area (Å²) in [6.07, 6.45) is 5.41. The van der Waals surface area contributed by atoms with Crippen LogP contribution in [-0.2, 0) is 0 Å². The molecule has 0 bridgehead atoms. The van der Waals surface area contributed by atoms with Gasteiger partial charge in [-0.3, -0.25) is 4.79 Å². The fraction of sp³-hybridized carbons (Fsp3) is 0.375. The van der Waals surface area contributed by atoms with E-state index in [1.807, 2.05) is 30.3 Å². The molecule has 0 saturated heterocycles. The van der Waals surface area contributed by atoms with Gasteiger partial charge in [-0.15, -0.1) is 11.6 Å². The Balaban J connectivity index is 2.13. The van der Waals surface area contributed by atoms with Gasteiger partial charge in [0.2, 0.25) is 0 Å². The molecule has 112 valence electrons. The van der Waals surface area contributed by atoms with Crippen LogP contribution in [0.15, 0.2) is 42.7 Å². The van der Waals surface area contributed by atoms with Gasteiger partial charge in [-0.05, 0) is 18.6 Å². The van der Waals surface area contributed by atoms with Crippen molar-refractivity contribution < 1.29 is 4.79 Å². The van der Waals surface area contributed by atoms with Crippen LogP contribution in [-0.4, -0.2) is 39.6 Å². The molecular weight excluding hydrogens is 286 g/mol. The lowest BCUT2D eigenvalue weighted by atomic mass is 10.2. The number of alkyl halides is 1. The number of nitrogens with zero attached hydrogens (tertiary/aromatic N) is 3. The molecule has 21 heavy (non-hydrogen) atoms. The van der Waals surface area contributed by atoms with Gasteiger partial charge >= 0.3 is 0 Å². The second kappa shape index (κ2) is 7.84. The maximum atomic E-state index is 12.5. The van der Waals surface area contributed by atoms with Crippen molar-refractivity contribution in [3.05, 3.63) is 48.3 Å². The van der Waals surface area contributed by atoms with Crippen LogP contribution in [0.25, 0.3) is 5.69 Å². The molecule has 0 saturated carbocycles. The Labute approximate surface area is 130 Å². The van der Waals surface area contributed by atoms with Crippen LogP contribution in [0.2, 0.25) is 0 Å². The van der Waals surface area contributed by atoms with Gasteiger partial charge in [-0.2, -0.15) is 5.10 Å². The topological polar surface area (TPSA) is 38.1 Å². The zero-order valence-electron chi connectivity index (χ0n) is 12.2. The predicted molar refractivity (Wildman–Crippen MR) is 85.1 cm³/mol. The molecule has 1 amide bonds. The zero-order valence-corrected chi connectivity index (χ0v) is 13.0. The summed E-state index contributed by atoms with van der Waals surface area (Å²) in [5.41, 5.74) is 1.54. The average molecular weight is 306 g/mol. The summed E-state index contributed by atoms with van der Waals surface area (Å²) in [4.78, 5) is 14.3. The largest absolute Gasteiger partial charge is 0.337 e. The normalized spacial score (nSPS) is 10.6. The highest BCUT2D eigenvalue weighted by atomic mass is 35.5. The first-order chi connectivity index (χ1) is 10.3. The number of rotatable bonds is 7. The maximum Gasteiger partial charge on any atom is 0.257 e. The van der Waals surface area contributed by atoms with E-state index >= 15 is 0 Å². The van der Waals surface area contributed by atoms with Gasteiger partial charge < -0.3 is 4.90 Å². The Bertz CT molecular complexity index is 568. The van der Waals surface area contributed by atoms with E-state index in [-0.39, 0.29) is 5.91 Å².